The summed E-state index contributed by atoms with van der Waals surface area (Å²) in [4.78, 5) is 7.11. The molecule has 0 spiro atoms. The molecule has 1 aliphatic carbocycles. The van der Waals surface area contributed by atoms with Gasteiger partial charge in [-0.3, -0.25) is 0 Å². The van der Waals surface area contributed by atoms with Crippen LogP contribution in [-0.4, -0.2) is 41.4 Å². The van der Waals surface area contributed by atoms with Crippen LogP contribution >= 0.6 is 0 Å². The van der Waals surface area contributed by atoms with Gasteiger partial charge in [0.2, 0.25) is 5.95 Å². The average molecular weight is 303 g/mol. The number of hydrogen-bond donors (Lipinski definition) is 1. The van der Waals surface area contributed by atoms with Crippen LogP contribution in [0.25, 0.3) is 0 Å². The molecule has 1 aromatic heterocycles. The van der Waals surface area contributed by atoms with Crippen molar-refractivity contribution in [3.05, 3.63) is 11.9 Å². The molecule has 2 aliphatic rings. The van der Waals surface area contributed by atoms with Crippen LogP contribution in [0.5, 0.6) is 0 Å². The lowest BCUT2D eigenvalue weighted by molar-refractivity contribution is 0.285. The third-order valence-electron chi connectivity index (χ3n) is 5.54. The largest absolute Gasteiger partial charge is 0.337 e. The SMILES string of the molecule is CC1CCCC(c2cnnc(N3CCNCC3)n2)CCC1C. The number of aromatic nitrogens is 3. The van der Waals surface area contributed by atoms with E-state index in [9.17, 15) is 0 Å². The van der Waals surface area contributed by atoms with Gasteiger partial charge >= 0.3 is 0 Å². The molecule has 1 aromatic rings. The van der Waals surface area contributed by atoms with E-state index in [1.165, 1.54) is 32.1 Å². The van der Waals surface area contributed by atoms with Gasteiger partial charge < -0.3 is 10.2 Å². The van der Waals surface area contributed by atoms with Crippen molar-refractivity contribution in [2.75, 3.05) is 31.1 Å². The van der Waals surface area contributed by atoms with E-state index in [-0.39, 0.29) is 0 Å². The third kappa shape index (κ3) is 3.75. The van der Waals surface area contributed by atoms with Crippen molar-refractivity contribution in [2.45, 2.75) is 51.9 Å². The van der Waals surface area contributed by atoms with Gasteiger partial charge in [-0.2, -0.15) is 5.10 Å². The van der Waals surface area contributed by atoms with Gasteiger partial charge in [0.25, 0.3) is 0 Å². The highest BCUT2D eigenvalue weighted by Gasteiger charge is 2.23. The number of anilines is 1. The Kier molecular flexibility index (Phi) is 5.24. The fourth-order valence-electron chi connectivity index (χ4n) is 3.66. The molecular formula is C17H29N5. The van der Waals surface area contributed by atoms with Crippen LogP contribution in [0, 0.1) is 11.8 Å². The van der Waals surface area contributed by atoms with E-state index < -0.39 is 0 Å². The van der Waals surface area contributed by atoms with Crippen molar-refractivity contribution in [2.24, 2.45) is 11.8 Å². The standard InChI is InChI=1S/C17H29N5/c1-13-4-3-5-15(7-6-14(13)2)16-12-19-21-17(20-16)22-10-8-18-9-11-22/h12-15,18H,3-11H2,1-2H3. The lowest BCUT2D eigenvalue weighted by Gasteiger charge is -2.29. The Hall–Kier alpha value is -1.23. The second-order valence-corrected chi connectivity index (χ2v) is 7.08. The molecular weight excluding hydrogens is 274 g/mol. The van der Waals surface area contributed by atoms with E-state index in [0.717, 1.165) is 49.7 Å². The Morgan fingerprint density at radius 2 is 1.82 bits per heavy atom. The Balaban J connectivity index is 1.70. The summed E-state index contributed by atoms with van der Waals surface area (Å²) in [5, 5.41) is 11.9. The first-order valence-corrected chi connectivity index (χ1v) is 8.89. The van der Waals surface area contributed by atoms with E-state index in [0.29, 0.717) is 5.92 Å². The minimum atomic E-state index is 0.562. The molecule has 3 atom stereocenters. The van der Waals surface area contributed by atoms with Crippen LogP contribution in [-0.2, 0) is 0 Å². The number of rotatable bonds is 2. The molecule has 5 heteroatoms. The molecule has 2 fully saturated rings. The predicted octanol–water partition coefficient (Wildman–Crippen LogP) is 2.60. The molecule has 5 nitrogen and oxygen atoms in total. The van der Waals surface area contributed by atoms with Gasteiger partial charge in [-0.05, 0) is 31.1 Å². The number of nitrogens with zero attached hydrogens (tertiary/aromatic N) is 4. The summed E-state index contributed by atoms with van der Waals surface area (Å²) in [6, 6.07) is 0. The van der Waals surface area contributed by atoms with Crippen LogP contribution in [0.2, 0.25) is 0 Å². The minimum absolute atomic E-state index is 0.562. The Labute approximate surface area is 133 Å². The first-order valence-electron chi connectivity index (χ1n) is 8.89. The molecule has 0 aromatic carbocycles. The third-order valence-corrected chi connectivity index (χ3v) is 5.54. The maximum Gasteiger partial charge on any atom is 0.245 e. The number of piperazine rings is 1. The lowest BCUT2D eigenvalue weighted by atomic mass is 9.79. The molecule has 3 rings (SSSR count). The van der Waals surface area contributed by atoms with Crippen molar-refractivity contribution >= 4 is 5.95 Å². The van der Waals surface area contributed by atoms with Gasteiger partial charge in [-0.15, -0.1) is 5.10 Å². The fourth-order valence-corrected chi connectivity index (χ4v) is 3.66. The summed E-state index contributed by atoms with van der Waals surface area (Å²) in [6.45, 7) is 8.77. The van der Waals surface area contributed by atoms with Crippen LogP contribution < -0.4 is 10.2 Å². The lowest BCUT2D eigenvalue weighted by Crippen LogP contribution is -2.44. The monoisotopic (exact) mass is 303 g/mol. The van der Waals surface area contributed by atoms with E-state index in [2.05, 4.69) is 34.3 Å². The zero-order valence-electron chi connectivity index (χ0n) is 14.0. The van der Waals surface area contributed by atoms with Gasteiger partial charge in [0.15, 0.2) is 0 Å². The summed E-state index contributed by atoms with van der Waals surface area (Å²) in [6.07, 6.45) is 8.34. The van der Waals surface area contributed by atoms with E-state index in [1.807, 2.05) is 6.20 Å². The molecule has 0 radical (unpaired) electrons. The van der Waals surface area contributed by atoms with Crippen molar-refractivity contribution < 1.29 is 0 Å². The van der Waals surface area contributed by atoms with Crippen LogP contribution in [0.3, 0.4) is 0 Å². The van der Waals surface area contributed by atoms with Gasteiger partial charge in [0, 0.05) is 32.1 Å². The molecule has 1 N–H and O–H groups in total. The van der Waals surface area contributed by atoms with Crippen LogP contribution in [0.1, 0.15) is 57.6 Å². The van der Waals surface area contributed by atoms with Crippen molar-refractivity contribution in [1.29, 1.82) is 0 Å². The molecule has 0 bridgehead atoms. The highest BCUT2D eigenvalue weighted by molar-refractivity contribution is 5.30. The molecule has 2 heterocycles. The summed E-state index contributed by atoms with van der Waals surface area (Å²) >= 11 is 0. The maximum atomic E-state index is 4.86. The summed E-state index contributed by atoms with van der Waals surface area (Å²) in [5.41, 5.74) is 1.16. The van der Waals surface area contributed by atoms with E-state index in [1.54, 1.807) is 0 Å². The quantitative estimate of drug-likeness (QED) is 0.910. The van der Waals surface area contributed by atoms with Crippen molar-refractivity contribution in [3.63, 3.8) is 0 Å². The molecule has 122 valence electrons. The number of nitrogens with one attached hydrogen (secondary N) is 1. The first-order chi connectivity index (χ1) is 10.7. The predicted molar refractivity (Wildman–Crippen MR) is 89.1 cm³/mol. The molecule has 3 unspecified atom stereocenters. The Morgan fingerprint density at radius 3 is 2.64 bits per heavy atom. The Morgan fingerprint density at radius 1 is 1.05 bits per heavy atom. The van der Waals surface area contributed by atoms with Gasteiger partial charge in [-0.25, -0.2) is 4.98 Å². The van der Waals surface area contributed by atoms with Gasteiger partial charge in [0.05, 0.1) is 11.9 Å². The Bertz CT molecular complexity index is 472. The van der Waals surface area contributed by atoms with Crippen molar-refractivity contribution in [1.82, 2.24) is 20.5 Å². The normalized spacial score (nSPS) is 30.6. The van der Waals surface area contributed by atoms with E-state index >= 15 is 0 Å². The molecule has 22 heavy (non-hydrogen) atoms. The molecule has 1 saturated heterocycles. The van der Waals surface area contributed by atoms with Gasteiger partial charge in [-0.1, -0.05) is 26.7 Å². The second kappa shape index (κ2) is 7.36. The smallest absolute Gasteiger partial charge is 0.245 e. The highest BCUT2D eigenvalue weighted by atomic mass is 15.3. The summed E-state index contributed by atoms with van der Waals surface area (Å²) in [7, 11) is 0. The van der Waals surface area contributed by atoms with Crippen LogP contribution in [0.4, 0.5) is 5.95 Å². The second-order valence-electron chi connectivity index (χ2n) is 7.08. The molecule has 1 saturated carbocycles. The summed E-state index contributed by atoms with van der Waals surface area (Å²) in [5.74, 6) is 3.07. The van der Waals surface area contributed by atoms with Gasteiger partial charge in [0.1, 0.15) is 0 Å². The minimum Gasteiger partial charge on any atom is -0.337 e. The molecule has 0 amide bonds. The maximum absolute atomic E-state index is 4.86. The van der Waals surface area contributed by atoms with E-state index in [4.69, 9.17) is 4.98 Å². The fraction of sp³-hybridized carbons (Fsp3) is 0.824. The van der Waals surface area contributed by atoms with Crippen molar-refractivity contribution in [3.8, 4) is 0 Å². The zero-order chi connectivity index (χ0) is 15.4. The summed E-state index contributed by atoms with van der Waals surface area (Å²) < 4.78 is 0. The number of hydrogen-bond acceptors (Lipinski definition) is 5. The highest BCUT2D eigenvalue weighted by Crippen LogP contribution is 2.34. The topological polar surface area (TPSA) is 53.9 Å². The zero-order valence-corrected chi connectivity index (χ0v) is 14.0. The molecule has 1 aliphatic heterocycles. The first kappa shape index (κ1) is 15.7. The average Bonchev–Trinajstić information content (AvgIpc) is 2.57. The van der Waals surface area contributed by atoms with Crippen LogP contribution in [0.15, 0.2) is 6.20 Å².